The summed E-state index contributed by atoms with van der Waals surface area (Å²) in [5.41, 5.74) is -0.103. The molecule has 0 aliphatic rings. The second kappa shape index (κ2) is 7.14. The van der Waals surface area contributed by atoms with E-state index in [2.05, 4.69) is 10.3 Å². The third kappa shape index (κ3) is 3.94. The van der Waals surface area contributed by atoms with Crippen LogP contribution in [0.15, 0.2) is 52.9 Å². The van der Waals surface area contributed by atoms with Crippen LogP contribution in [0.25, 0.3) is 22.8 Å². The molecule has 1 amide bonds. The summed E-state index contributed by atoms with van der Waals surface area (Å²) in [5.74, 6) is -0.394. The Hall–Kier alpha value is -3.29. The van der Waals surface area contributed by atoms with Gasteiger partial charge in [0.1, 0.15) is 5.75 Å². The summed E-state index contributed by atoms with van der Waals surface area (Å²) in [7, 11) is 0. The van der Waals surface area contributed by atoms with Gasteiger partial charge in [-0.05, 0) is 43.3 Å². The number of carbonyl (C=O) groups is 1. The summed E-state index contributed by atoms with van der Waals surface area (Å²) in [6.45, 7) is 2.10. The molecule has 3 rings (SSSR count). The third-order valence-corrected chi connectivity index (χ3v) is 3.75. The van der Waals surface area contributed by atoms with Gasteiger partial charge in [0.25, 0.3) is 5.91 Å². The molecule has 3 aromatic rings. The second-order valence-corrected chi connectivity index (χ2v) is 5.68. The summed E-state index contributed by atoms with van der Waals surface area (Å²) in [6, 6.07) is 10.3. The first-order chi connectivity index (χ1) is 12.8. The number of hydrogen-bond acceptors (Lipinski definition) is 4. The summed E-state index contributed by atoms with van der Waals surface area (Å²) in [5, 5.41) is 12.3. The van der Waals surface area contributed by atoms with E-state index in [1.54, 1.807) is 19.1 Å². The lowest BCUT2D eigenvalue weighted by Gasteiger charge is -2.06. The highest BCUT2D eigenvalue weighted by atomic mass is 19.4. The first kappa shape index (κ1) is 18.5. The van der Waals surface area contributed by atoms with Crippen LogP contribution in [0.5, 0.6) is 5.75 Å². The maximum atomic E-state index is 12.7. The number of aromatic hydroxyl groups is 1. The topological polar surface area (TPSA) is 75.4 Å². The van der Waals surface area contributed by atoms with Gasteiger partial charge in [-0.3, -0.25) is 4.79 Å². The largest absolute Gasteiger partial charge is 0.508 e. The summed E-state index contributed by atoms with van der Waals surface area (Å²) < 4.78 is 43.8. The third-order valence-electron chi connectivity index (χ3n) is 3.75. The highest BCUT2D eigenvalue weighted by Gasteiger charge is 2.30. The smallest absolute Gasteiger partial charge is 0.416 e. The second-order valence-electron chi connectivity index (χ2n) is 5.68. The van der Waals surface area contributed by atoms with Crippen LogP contribution >= 0.6 is 0 Å². The van der Waals surface area contributed by atoms with Crippen LogP contribution in [0, 0.1) is 0 Å². The first-order valence-electron chi connectivity index (χ1n) is 8.05. The van der Waals surface area contributed by atoms with E-state index in [4.69, 9.17) is 4.42 Å². The number of halogens is 3. The number of nitrogens with one attached hydrogen (secondary N) is 1. The van der Waals surface area contributed by atoms with Crippen LogP contribution in [0.3, 0.4) is 0 Å². The monoisotopic (exact) mass is 376 g/mol. The van der Waals surface area contributed by atoms with Gasteiger partial charge in [0.2, 0.25) is 5.89 Å². The lowest BCUT2D eigenvalue weighted by Crippen LogP contribution is -2.23. The molecule has 2 aromatic carbocycles. The summed E-state index contributed by atoms with van der Waals surface area (Å²) >= 11 is 0. The zero-order chi connectivity index (χ0) is 19.6. The molecule has 0 aliphatic carbocycles. The Kier molecular flexibility index (Phi) is 4.89. The van der Waals surface area contributed by atoms with Crippen molar-refractivity contribution >= 4 is 5.91 Å². The lowest BCUT2D eigenvalue weighted by molar-refractivity contribution is -0.137. The molecule has 1 aromatic heterocycles. The molecule has 8 heteroatoms. The van der Waals surface area contributed by atoms with Gasteiger partial charge in [0.05, 0.1) is 5.56 Å². The zero-order valence-corrected chi connectivity index (χ0v) is 14.2. The average Bonchev–Trinajstić information content (AvgIpc) is 3.07. The Morgan fingerprint density at radius 1 is 1.15 bits per heavy atom. The minimum atomic E-state index is -4.45. The summed E-state index contributed by atoms with van der Waals surface area (Å²) in [4.78, 5) is 16.5. The number of hydrogen-bond donors (Lipinski definition) is 2. The molecular formula is C19H15F3N2O3. The number of phenolic OH excluding ortho intramolecular Hbond substituents is 1. The van der Waals surface area contributed by atoms with Crippen LogP contribution in [-0.2, 0) is 6.18 Å². The fraction of sp³-hybridized carbons (Fsp3) is 0.158. The van der Waals surface area contributed by atoms with Crippen molar-refractivity contribution in [2.75, 3.05) is 6.54 Å². The molecular weight excluding hydrogens is 361 g/mol. The predicted molar refractivity (Wildman–Crippen MR) is 92.0 cm³/mol. The molecule has 0 radical (unpaired) electrons. The van der Waals surface area contributed by atoms with E-state index in [1.807, 2.05) is 0 Å². The van der Waals surface area contributed by atoms with Gasteiger partial charge in [-0.25, -0.2) is 4.98 Å². The van der Waals surface area contributed by atoms with Crippen molar-refractivity contribution in [3.05, 3.63) is 59.8 Å². The van der Waals surface area contributed by atoms with Gasteiger partial charge in [-0.2, -0.15) is 13.2 Å². The van der Waals surface area contributed by atoms with E-state index in [0.29, 0.717) is 17.7 Å². The summed E-state index contributed by atoms with van der Waals surface area (Å²) in [6.07, 6.45) is -4.45. The van der Waals surface area contributed by atoms with E-state index >= 15 is 0 Å². The minimum Gasteiger partial charge on any atom is -0.508 e. The quantitative estimate of drug-likeness (QED) is 0.704. The standard InChI is InChI=1S/C19H15F3N2O3/c1-2-23-17(26)15-16(12-4-3-5-14(25)10-12)27-18(24-15)11-6-8-13(9-7-11)19(20,21)22/h3-10,25H,2H2,1H3,(H,23,26). The van der Waals surface area contributed by atoms with E-state index in [1.165, 1.54) is 24.3 Å². The molecule has 0 spiro atoms. The molecule has 0 fully saturated rings. The lowest BCUT2D eigenvalue weighted by atomic mass is 10.1. The van der Waals surface area contributed by atoms with Crippen molar-refractivity contribution in [3.63, 3.8) is 0 Å². The Bertz CT molecular complexity index is 963. The number of amides is 1. The highest BCUT2D eigenvalue weighted by Crippen LogP contribution is 2.34. The Morgan fingerprint density at radius 3 is 2.44 bits per heavy atom. The maximum absolute atomic E-state index is 12.7. The minimum absolute atomic E-state index is 0.00307. The average molecular weight is 376 g/mol. The molecule has 1 heterocycles. The van der Waals surface area contributed by atoms with Crippen molar-refractivity contribution in [1.82, 2.24) is 10.3 Å². The number of alkyl halides is 3. The van der Waals surface area contributed by atoms with E-state index in [0.717, 1.165) is 12.1 Å². The number of benzene rings is 2. The Balaban J connectivity index is 2.07. The normalized spacial score (nSPS) is 11.4. The highest BCUT2D eigenvalue weighted by molar-refractivity contribution is 5.98. The SMILES string of the molecule is CCNC(=O)c1nc(-c2ccc(C(F)(F)F)cc2)oc1-c1cccc(O)c1. The van der Waals surface area contributed by atoms with E-state index in [-0.39, 0.29) is 23.1 Å². The molecule has 0 aliphatic heterocycles. The van der Waals surface area contributed by atoms with E-state index in [9.17, 15) is 23.1 Å². The predicted octanol–water partition coefficient (Wildman–Crippen LogP) is 4.48. The molecule has 0 saturated carbocycles. The van der Waals surface area contributed by atoms with Crippen LogP contribution in [0.4, 0.5) is 13.2 Å². The molecule has 0 saturated heterocycles. The fourth-order valence-corrected chi connectivity index (χ4v) is 2.49. The van der Waals surface area contributed by atoms with Gasteiger partial charge in [0, 0.05) is 17.7 Å². The number of oxazole rings is 1. The van der Waals surface area contributed by atoms with Crippen molar-refractivity contribution in [1.29, 1.82) is 0 Å². The fourth-order valence-electron chi connectivity index (χ4n) is 2.49. The Morgan fingerprint density at radius 2 is 1.85 bits per heavy atom. The van der Waals surface area contributed by atoms with Crippen molar-refractivity contribution in [3.8, 4) is 28.5 Å². The van der Waals surface area contributed by atoms with Crippen molar-refractivity contribution in [2.45, 2.75) is 13.1 Å². The molecule has 140 valence electrons. The number of aromatic nitrogens is 1. The van der Waals surface area contributed by atoms with Crippen LogP contribution < -0.4 is 5.32 Å². The first-order valence-corrected chi connectivity index (χ1v) is 8.05. The molecule has 5 nitrogen and oxygen atoms in total. The van der Waals surface area contributed by atoms with Crippen LogP contribution in [0.2, 0.25) is 0 Å². The van der Waals surface area contributed by atoms with Gasteiger partial charge in [-0.1, -0.05) is 12.1 Å². The molecule has 0 bridgehead atoms. The Labute approximate surface area is 152 Å². The number of rotatable bonds is 4. The van der Waals surface area contributed by atoms with Crippen molar-refractivity contribution < 1.29 is 27.5 Å². The zero-order valence-electron chi connectivity index (χ0n) is 14.2. The molecule has 0 unspecified atom stereocenters. The van der Waals surface area contributed by atoms with Gasteiger partial charge < -0.3 is 14.8 Å². The van der Waals surface area contributed by atoms with Crippen molar-refractivity contribution in [2.24, 2.45) is 0 Å². The number of nitrogens with zero attached hydrogens (tertiary/aromatic N) is 1. The van der Waals surface area contributed by atoms with Gasteiger partial charge in [0.15, 0.2) is 11.5 Å². The molecule has 27 heavy (non-hydrogen) atoms. The van der Waals surface area contributed by atoms with E-state index < -0.39 is 17.6 Å². The van der Waals surface area contributed by atoms with Crippen LogP contribution in [-0.4, -0.2) is 22.5 Å². The van der Waals surface area contributed by atoms with Crippen LogP contribution in [0.1, 0.15) is 23.0 Å². The van der Waals surface area contributed by atoms with Gasteiger partial charge in [-0.15, -0.1) is 0 Å². The molecule has 0 atom stereocenters. The maximum Gasteiger partial charge on any atom is 0.416 e. The van der Waals surface area contributed by atoms with Gasteiger partial charge >= 0.3 is 6.18 Å². The number of carbonyl (C=O) groups excluding carboxylic acids is 1. The molecule has 2 N–H and O–H groups in total. The number of phenols is 1.